The second kappa shape index (κ2) is 11.6. The number of ketones is 1. The number of unbranched alkanes of at least 4 members (excludes halogenated alkanes) is 2. The number of hydrogen-bond donors (Lipinski definition) is 1. The van der Waals surface area contributed by atoms with E-state index in [0.29, 0.717) is 12.8 Å². The van der Waals surface area contributed by atoms with Gasteiger partial charge in [0.25, 0.3) is 0 Å². The van der Waals surface area contributed by atoms with Crippen LogP contribution in [0.1, 0.15) is 52.9 Å². The number of hydrogen-bond acceptors (Lipinski definition) is 8. The molecule has 0 aliphatic heterocycles. The maximum atomic E-state index is 12.3. The Morgan fingerprint density at radius 1 is 1.00 bits per heavy atom. The van der Waals surface area contributed by atoms with Gasteiger partial charge in [-0.25, -0.2) is 4.79 Å². The third-order valence-electron chi connectivity index (χ3n) is 3.58. The normalized spacial score (nSPS) is 14.1. The summed E-state index contributed by atoms with van der Waals surface area (Å²) in [5, 5.41) is 10.7. The van der Waals surface area contributed by atoms with Crippen molar-refractivity contribution in [1.82, 2.24) is 0 Å². The van der Waals surface area contributed by atoms with Gasteiger partial charge in [-0.05, 0) is 19.8 Å². The summed E-state index contributed by atoms with van der Waals surface area (Å²) in [7, 11) is 1.01. The van der Waals surface area contributed by atoms with Gasteiger partial charge in [0.1, 0.15) is 5.78 Å². The van der Waals surface area contributed by atoms with Gasteiger partial charge in [0.2, 0.25) is 0 Å². The summed E-state index contributed by atoms with van der Waals surface area (Å²) >= 11 is 0. The van der Waals surface area contributed by atoms with E-state index in [1.54, 1.807) is 0 Å². The van der Waals surface area contributed by atoms with Gasteiger partial charge >= 0.3 is 17.9 Å². The Kier molecular flexibility index (Phi) is 10.7. The standard InChI is InChI=1S/C17H28O8/c1-5-7-9-24-13(19)11-17(22,16(21)25-10-8-6-2)14(12(3)18)15(20)23-4/h14,22H,5-11H2,1-4H3. The van der Waals surface area contributed by atoms with Gasteiger partial charge in [-0.15, -0.1) is 0 Å². The van der Waals surface area contributed by atoms with Crippen LogP contribution in [0.5, 0.6) is 0 Å². The molecule has 0 bridgehead atoms. The molecule has 0 radical (unpaired) electrons. The Bertz CT molecular complexity index is 473. The van der Waals surface area contributed by atoms with E-state index < -0.39 is 41.6 Å². The Morgan fingerprint density at radius 2 is 1.52 bits per heavy atom. The lowest BCUT2D eigenvalue weighted by Crippen LogP contribution is -2.54. The Morgan fingerprint density at radius 3 is 1.96 bits per heavy atom. The van der Waals surface area contributed by atoms with Crippen LogP contribution in [-0.2, 0) is 33.4 Å². The smallest absolute Gasteiger partial charge is 0.340 e. The van der Waals surface area contributed by atoms with Gasteiger partial charge in [0.05, 0.1) is 26.7 Å². The molecule has 2 atom stereocenters. The fraction of sp³-hybridized carbons (Fsp3) is 0.765. The fourth-order valence-corrected chi connectivity index (χ4v) is 2.14. The summed E-state index contributed by atoms with van der Waals surface area (Å²) in [6.07, 6.45) is 1.79. The van der Waals surface area contributed by atoms with Gasteiger partial charge in [-0.1, -0.05) is 26.7 Å². The Balaban J connectivity index is 5.45. The minimum absolute atomic E-state index is 0.00563. The number of esters is 3. The fourth-order valence-electron chi connectivity index (χ4n) is 2.14. The topological polar surface area (TPSA) is 116 Å². The molecule has 0 aromatic heterocycles. The molecular formula is C17H28O8. The second-order valence-corrected chi connectivity index (χ2v) is 5.73. The number of rotatable bonds is 12. The van der Waals surface area contributed by atoms with Crippen LogP contribution in [0, 0.1) is 5.92 Å². The van der Waals surface area contributed by atoms with E-state index in [4.69, 9.17) is 9.47 Å². The molecule has 0 saturated carbocycles. The lowest BCUT2D eigenvalue weighted by Gasteiger charge is -2.30. The summed E-state index contributed by atoms with van der Waals surface area (Å²) in [6.45, 7) is 4.90. The zero-order chi connectivity index (χ0) is 19.5. The molecule has 2 unspecified atom stereocenters. The third-order valence-corrected chi connectivity index (χ3v) is 3.58. The summed E-state index contributed by atoms with van der Waals surface area (Å²) in [4.78, 5) is 48.0. The Hall–Kier alpha value is -1.96. The van der Waals surface area contributed by atoms with Crippen LogP contribution in [0.25, 0.3) is 0 Å². The number of methoxy groups -OCH3 is 1. The lowest BCUT2D eigenvalue weighted by molar-refractivity contribution is -0.186. The first-order valence-corrected chi connectivity index (χ1v) is 8.38. The molecule has 8 heteroatoms. The highest BCUT2D eigenvalue weighted by Gasteiger charge is 2.54. The van der Waals surface area contributed by atoms with Crippen molar-refractivity contribution in [2.75, 3.05) is 20.3 Å². The number of ether oxygens (including phenoxy) is 3. The van der Waals surface area contributed by atoms with Crippen molar-refractivity contribution in [3.05, 3.63) is 0 Å². The van der Waals surface area contributed by atoms with Crippen LogP contribution in [0.2, 0.25) is 0 Å². The van der Waals surface area contributed by atoms with Crippen LogP contribution in [0.4, 0.5) is 0 Å². The molecule has 25 heavy (non-hydrogen) atoms. The van der Waals surface area contributed by atoms with Crippen LogP contribution in [0.15, 0.2) is 0 Å². The zero-order valence-electron chi connectivity index (χ0n) is 15.3. The molecule has 0 aliphatic rings. The van der Waals surface area contributed by atoms with Crippen LogP contribution < -0.4 is 0 Å². The van der Waals surface area contributed by atoms with Crippen LogP contribution in [-0.4, -0.2) is 54.7 Å². The number of Topliss-reactive ketones (excluding diaryl/α,β-unsaturated/α-hetero) is 1. The minimum Gasteiger partial charge on any atom is -0.468 e. The number of carbonyl (C=O) groups excluding carboxylic acids is 4. The van der Waals surface area contributed by atoms with Crippen molar-refractivity contribution in [2.24, 2.45) is 5.92 Å². The lowest BCUT2D eigenvalue weighted by atomic mass is 9.81. The quantitative estimate of drug-likeness (QED) is 0.239. The SMILES string of the molecule is CCCCOC(=O)CC(O)(C(=O)OCCCC)C(C(C)=O)C(=O)OC. The number of aliphatic hydroxyl groups is 1. The first-order valence-electron chi connectivity index (χ1n) is 8.38. The van der Waals surface area contributed by atoms with Gasteiger partial charge in [0, 0.05) is 0 Å². The summed E-state index contributed by atoms with van der Waals surface area (Å²) < 4.78 is 14.4. The maximum Gasteiger partial charge on any atom is 0.340 e. The largest absolute Gasteiger partial charge is 0.468 e. The minimum atomic E-state index is -2.67. The van der Waals surface area contributed by atoms with Crippen LogP contribution >= 0.6 is 0 Å². The average Bonchev–Trinajstić information content (AvgIpc) is 2.54. The molecule has 0 spiro atoms. The molecule has 0 aromatic carbocycles. The summed E-state index contributed by atoms with van der Waals surface area (Å²) in [5.74, 6) is -5.94. The molecule has 0 amide bonds. The predicted octanol–water partition coefficient (Wildman–Crippen LogP) is 1.17. The van der Waals surface area contributed by atoms with Gasteiger partial charge < -0.3 is 19.3 Å². The van der Waals surface area contributed by atoms with Crippen molar-refractivity contribution >= 4 is 23.7 Å². The molecule has 0 fully saturated rings. The molecule has 144 valence electrons. The summed E-state index contributed by atoms with van der Waals surface area (Å²) in [6, 6.07) is 0. The molecule has 0 aliphatic carbocycles. The number of carbonyl (C=O) groups is 4. The van der Waals surface area contributed by atoms with Crippen LogP contribution in [0.3, 0.4) is 0 Å². The van der Waals surface area contributed by atoms with Crippen molar-refractivity contribution < 1.29 is 38.5 Å². The molecular weight excluding hydrogens is 332 g/mol. The van der Waals surface area contributed by atoms with E-state index in [1.807, 2.05) is 13.8 Å². The second-order valence-electron chi connectivity index (χ2n) is 5.73. The van der Waals surface area contributed by atoms with Gasteiger partial charge in [-0.3, -0.25) is 14.4 Å². The van der Waals surface area contributed by atoms with Crippen molar-refractivity contribution in [3.8, 4) is 0 Å². The Labute approximate surface area is 147 Å². The molecule has 8 nitrogen and oxygen atoms in total. The molecule has 0 heterocycles. The van der Waals surface area contributed by atoms with Crippen molar-refractivity contribution in [1.29, 1.82) is 0 Å². The van der Waals surface area contributed by atoms with E-state index in [0.717, 1.165) is 26.9 Å². The van der Waals surface area contributed by atoms with E-state index in [9.17, 15) is 24.3 Å². The first-order chi connectivity index (χ1) is 11.7. The van der Waals surface area contributed by atoms with E-state index in [2.05, 4.69) is 4.74 Å². The molecule has 0 saturated heterocycles. The zero-order valence-corrected chi connectivity index (χ0v) is 15.3. The average molecular weight is 360 g/mol. The molecule has 0 rings (SSSR count). The van der Waals surface area contributed by atoms with Gasteiger partial charge in [0.15, 0.2) is 11.5 Å². The predicted molar refractivity (Wildman–Crippen MR) is 87.5 cm³/mol. The molecule has 1 N–H and O–H groups in total. The maximum absolute atomic E-state index is 12.3. The highest BCUT2D eigenvalue weighted by Crippen LogP contribution is 2.27. The van der Waals surface area contributed by atoms with E-state index >= 15 is 0 Å². The highest BCUT2D eigenvalue weighted by molar-refractivity contribution is 6.05. The highest BCUT2D eigenvalue weighted by atomic mass is 16.6. The van der Waals surface area contributed by atoms with Gasteiger partial charge in [-0.2, -0.15) is 0 Å². The monoisotopic (exact) mass is 360 g/mol. The van der Waals surface area contributed by atoms with Crippen molar-refractivity contribution in [2.45, 2.75) is 58.5 Å². The van der Waals surface area contributed by atoms with E-state index in [-0.39, 0.29) is 13.2 Å². The summed E-state index contributed by atoms with van der Waals surface area (Å²) in [5.41, 5.74) is -2.67. The first kappa shape index (κ1) is 23.0. The molecule has 0 aromatic rings. The van der Waals surface area contributed by atoms with E-state index in [1.165, 1.54) is 0 Å². The van der Waals surface area contributed by atoms with Crippen molar-refractivity contribution in [3.63, 3.8) is 0 Å². The third kappa shape index (κ3) is 7.21.